The van der Waals surface area contributed by atoms with E-state index in [2.05, 4.69) is 34.1 Å². The van der Waals surface area contributed by atoms with Crippen LogP contribution in [0.2, 0.25) is 0 Å². The smallest absolute Gasteiger partial charge is 0.329 e. The highest BCUT2D eigenvalue weighted by Gasteiger charge is 2.43. The van der Waals surface area contributed by atoms with E-state index in [4.69, 9.17) is 28.4 Å². The number of hydrogen-bond acceptors (Lipinski definition) is 16. The Bertz CT molecular complexity index is 2890. The predicted octanol–water partition coefficient (Wildman–Crippen LogP) is 8.82. The zero-order valence-electron chi connectivity index (χ0n) is 56.4. The molecule has 2 unspecified atom stereocenters. The van der Waals surface area contributed by atoms with E-state index in [9.17, 15) is 28.8 Å². The van der Waals surface area contributed by atoms with Crippen LogP contribution in [0.5, 0.6) is 0 Å². The second-order valence-electron chi connectivity index (χ2n) is 26.5. The molecule has 10 atom stereocenters. The first-order valence-corrected chi connectivity index (χ1v) is 32.6. The molecule has 92 heavy (non-hydrogen) atoms. The highest BCUT2D eigenvalue weighted by molar-refractivity contribution is 5.94. The predicted molar refractivity (Wildman–Crippen MR) is 350 cm³/mol. The molecule has 0 N–H and O–H groups in total. The molecule has 20 heteroatoms. The van der Waals surface area contributed by atoms with Crippen molar-refractivity contribution in [3.8, 4) is 0 Å². The average Bonchev–Trinajstić information content (AvgIpc) is 0.854. The Labute approximate surface area is 544 Å². The zero-order chi connectivity index (χ0) is 67.1. The Morgan fingerprint density at radius 3 is 0.957 bits per heavy atom. The molecule has 4 amide bonds. The molecule has 7 rings (SSSR count). The summed E-state index contributed by atoms with van der Waals surface area (Å²) in [4.78, 5) is 128. The molecule has 0 spiro atoms. The third-order valence-corrected chi connectivity index (χ3v) is 17.5. The normalized spacial score (nSPS) is 25.3. The van der Waals surface area contributed by atoms with Crippen molar-refractivity contribution in [2.75, 3.05) is 77.5 Å². The summed E-state index contributed by atoms with van der Waals surface area (Å²) >= 11 is 0. The second kappa shape index (κ2) is 33.1. The molecule has 3 aliphatic rings. The van der Waals surface area contributed by atoms with Crippen LogP contribution < -0.4 is 9.80 Å². The fourth-order valence-electron chi connectivity index (χ4n) is 12.3. The molecular weight excluding hydrogens is 1170 g/mol. The first kappa shape index (κ1) is 71.6. The van der Waals surface area contributed by atoms with Gasteiger partial charge in [-0.25, -0.2) is 19.2 Å². The van der Waals surface area contributed by atoms with E-state index in [0.717, 1.165) is 32.3 Å². The molecule has 3 heterocycles. The number of ether oxygens (including phenoxy) is 6. The maximum Gasteiger partial charge on any atom is 0.329 e. The van der Waals surface area contributed by atoms with Crippen LogP contribution in [0.4, 0.5) is 11.4 Å². The number of hydrogen-bond donors (Lipinski definition) is 0. The molecule has 0 aromatic heterocycles. The topological polar surface area (TPSA) is 211 Å². The number of esters is 4. The van der Waals surface area contributed by atoms with Crippen LogP contribution in [-0.2, 0) is 79.6 Å². The lowest BCUT2D eigenvalue weighted by Crippen LogP contribution is -2.55. The highest BCUT2D eigenvalue weighted by Crippen LogP contribution is 2.33. The van der Waals surface area contributed by atoms with Gasteiger partial charge in [0.05, 0.1) is 38.5 Å². The highest BCUT2D eigenvalue weighted by atomic mass is 16.6. The lowest BCUT2D eigenvalue weighted by molar-refractivity contribution is -0.176. The van der Waals surface area contributed by atoms with Crippen molar-refractivity contribution in [1.82, 2.24) is 19.6 Å². The van der Waals surface area contributed by atoms with Gasteiger partial charge in [-0.1, -0.05) is 140 Å². The second-order valence-corrected chi connectivity index (χ2v) is 26.5. The molecule has 3 fully saturated rings. The van der Waals surface area contributed by atoms with Crippen LogP contribution in [-0.4, -0.2) is 183 Å². The van der Waals surface area contributed by atoms with E-state index in [-0.39, 0.29) is 74.3 Å². The van der Waals surface area contributed by atoms with Crippen molar-refractivity contribution in [2.45, 2.75) is 168 Å². The van der Waals surface area contributed by atoms with Gasteiger partial charge in [-0.15, -0.1) is 0 Å². The molecule has 0 bridgehead atoms. The van der Waals surface area contributed by atoms with Crippen LogP contribution in [0.1, 0.15) is 129 Å². The number of carbonyl (C=O) groups excluding carboxylic acids is 8. The fraction of sp³-hybridized carbons (Fsp3) is 0.556. The summed E-state index contributed by atoms with van der Waals surface area (Å²) in [6.07, 6.45) is -6.07. The van der Waals surface area contributed by atoms with Crippen LogP contribution >= 0.6 is 0 Å². The minimum atomic E-state index is -1.55. The monoisotopic (exact) mass is 1270 g/mol. The number of rotatable bonds is 16. The third-order valence-electron chi connectivity index (χ3n) is 17.5. The standard InChI is InChI=1S/C72H98N6O14/c1-45(2)37-57-69(83)89-49(9)65(79)73(11)60(40-48(7)8)72(86)92-64(42-52-27-31-56(32-28-52)78-34-36-88-44-62(78)54-23-19-16-20-24-54)68(82)76(14)58(38-46(3)4)70(84)90-50(10)66(80)74(12)59(39-47(5)6)71(85)91-63(67(81)75(57)13)41-51-25-29-55(30-26-51)77-33-35-87-43-61(77)53-21-17-15-18-22-53/h15-32,45-50,57-64H,33-44H2,1-14H3/t49-,50-,57+,58+,59+,60+,61?,62?,63-,64-/m1/s1. The molecule has 4 aromatic rings. The van der Waals surface area contributed by atoms with E-state index >= 15 is 9.59 Å². The van der Waals surface area contributed by atoms with Gasteiger partial charge in [0.2, 0.25) is 0 Å². The van der Waals surface area contributed by atoms with Crippen LogP contribution in [0.25, 0.3) is 0 Å². The van der Waals surface area contributed by atoms with Crippen molar-refractivity contribution in [3.63, 3.8) is 0 Å². The van der Waals surface area contributed by atoms with E-state index in [1.807, 2.05) is 140 Å². The van der Waals surface area contributed by atoms with Gasteiger partial charge in [0, 0.05) is 65.5 Å². The van der Waals surface area contributed by atoms with Gasteiger partial charge in [0.15, 0.2) is 24.4 Å². The molecule has 20 nitrogen and oxygen atoms in total. The Kier molecular flexibility index (Phi) is 25.8. The molecule has 3 saturated heterocycles. The van der Waals surface area contributed by atoms with Gasteiger partial charge in [-0.2, -0.15) is 0 Å². The summed E-state index contributed by atoms with van der Waals surface area (Å²) in [5.74, 6) is -7.46. The van der Waals surface area contributed by atoms with Crippen molar-refractivity contribution in [2.24, 2.45) is 23.7 Å². The van der Waals surface area contributed by atoms with E-state index < -0.39 is 96.1 Å². The minimum absolute atomic E-state index is 0.0557. The van der Waals surface area contributed by atoms with Gasteiger partial charge >= 0.3 is 23.9 Å². The average molecular weight is 1270 g/mol. The largest absolute Gasteiger partial charge is 0.451 e. The summed E-state index contributed by atoms with van der Waals surface area (Å²) in [7, 11) is 5.63. The Balaban J connectivity index is 1.25. The molecule has 3 aliphatic heterocycles. The quantitative estimate of drug-likeness (QED) is 0.0757. The van der Waals surface area contributed by atoms with Crippen molar-refractivity contribution < 1.29 is 66.8 Å². The van der Waals surface area contributed by atoms with E-state index in [0.29, 0.717) is 50.6 Å². The van der Waals surface area contributed by atoms with E-state index in [1.54, 1.807) is 0 Å². The van der Waals surface area contributed by atoms with Gasteiger partial charge in [-0.3, -0.25) is 19.2 Å². The van der Waals surface area contributed by atoms with Gasteiger partial charge in [0.25, 0.3) is 23.6 Å². The summed E-state index contributed by atoms with van der Waals surface area (Å²) in [6, 6.07) is 30.0. The number of anilines is 2. The number of amides is 4. The van der Waals surface area contributed by atoms with Crippen molar-refractivity contribution in [3.05, 3.63) is 131 Å². The lowest BCUT2D eigenvalue weighted by atomic mass is 9.99. The minimum Gasteiger partial charge on any atom is -0.451 e. The maximum atomic E-state index is 15.3. The number of morpholine rings is 2. The molecule has 0 saturated carbocycles. The zero-order valence-corrected chi connectivity index (χ0v) is 56.4. The van der Waals surface area contributed by atoms with Crippen LogP contribution in [0.15, 0.2) is 109 Å². The fourth-order valence-corrected chi connectivity index (χ4v) is 12.3. The van der Waals surface area contributed by atoms with Crippen LogP contribution in [0, 0.1) is 23.7 Å². The van der Waals surface area contributed by atoms with Gasteiger partial charge in [0.1, 0.15) is 24.2 Å². The summed E-state index contributed by atoms with van der Waals surface area (Å²) in [6.45, 7) is 20.9. The summed E-state index contributed by atoms with van der Waals surface area (Å²) < 4.78 is 36.4. The van der Waals surface area contributed by atoms with Crippen molar-refractivity contribution >= 4 is 58.9 Å². The molecular formula is C72H98N6O14. The Hall–Kier alpha value is -7.84. The van der Waals surface area contributed by atoms with Crippen LogP contribution in [0.3, 0.4) is 0 Å². The number of cyclic esters (lactones) is 4. The SMILES string of the molecule is CC(C)C[C@H]1C(=O)O[C@H](Cc2ccc(N3CCOCC3c3ccccc3)cc2)C(=O)N(C)[C@@H](CC(C)C)C(=O)O[C@H](C)C(=O)N(C)[C@@H](CC(C)C)C(=O)O[C@H](Cc2ccc(N3CCOCC3c3ccccc3)cc2)C(=O)N(C)[C@@H](CC(C)C)C(=O)O[C@H](C)C(=O)N1C. The van der Waals surface area contributed by atoms with Crippen molar-refractivity contribution in [1.29, 1.82) is 0 Å². The molecule has 500 valence electrons. The number of nitrogens with zero attached hydrogens (tertiary/aromatic N) is 6. The maximum absolute atomic E-state index is 15.3. The van der Waals surface area contributed by atoms with E-state index in [1.165, 1.54) is 51.8 Å². The first-order chi connectivity index (χ1) is 43.7. The number of benzene rings is 4. The molecule has 0 radical (unpaired) electrons. The summed E-state index contributed by atoms with van der Waals surface area (Å²) in [5, 5.41) is 0. The number of carbonyl (C=O) groups is 8. The summed E-state index contributed by atoms with van der Waals surface area (Å²) in [5.41, 5.74) is 5.24. The Morgan fingerprint density at radius 2 is 0.663 bits per heavy atom. The number of likely N-dealkylation sites (N-methyl/N-ethyl adjacent to an activating group) is 4. The van der Waals surface area contributed by atoms with Gasteiger partial charge in [-0.05, 0) is 110 Å². The third kappa shape index (κ3) is 18.7. The lowest BCUT2D eigenvalue weighted by Gasteiger charge is -2.38. The first-order valence-electron chi connectivity index (χ1n) is 32.6. The molecule has 4 aromatic carbocycles. The molecule has 0 aliphatic carbocycles. The van der Waals surface area contributed by atoms with Gasteiger partial charge < -0.3 is 57.8 Å². The Morgan fingerprint density at radius 1 is 0.380 bits per heavy atom.